The summed E-state index contributed by atoms with van der Waals surface area (Å²) in [6, 6.07) is 0. The van der Waals surface area contributed by atoms with Crippen molar-refractivity contribution in [1.29, 1.82) is 0 Å². The number of carbonyl (C=O) groups excluding carboxylic acids is 2. The fraction of sp³-hybridized carbons (Fsp3) is 0.897. The molecule has 7 atom stereocenters. The molecular formula is C29H51N4O3+. The molecule has 0 heterocycles. The molecule has 0 spiro atoms. The summed E-state index contributed by atoms with van der Waals surface area (Å²) in [6.07, 6.45) is 9.62. The van der Waals surface area contributed by atoms with Crippen LogP contribution in [-0.4, -0.2) is 69.4 Å². The van der Waals surface area contributed by atoms with Crippen molar-refractivity contribution in [3.8, 4) is 0 Å². The average molecular weight is 504 g/mol. The molecule has 36 heavy (non-hydrogen) atoms. The van der Waals surface area contributed by atoms with E-state index in [0.717, 1.165) is 67.3 Å². The Hall–Kier alpha value is -1.47. The van der Waals surface area contributed by atoms with Gasteiger partial charge in [0.05, 0.1) is 33.4 Å². The number of likely N-dealkylation sites (N-methyl/N-ethyl adjacent to an activating group) is 1. The number of nitrogens with zero attached hydrogens (tertiary/aromatic N) is 2. The van der Waals surface area contributed by atoms with Gasteiger partial charge in [-0.15, -0.1) is 0 Å². The van der Waals surface area contributed by atoms with Gasteiger partial charge in [0.1, 0.15) is 5.78 Å². The lowest BCUT2D eigenvalue weighted by atomic mass is 9.44. The third kappa shape index (κ3) is 5.67. The summed E-state index contributed by atoms with van der Waals surface area (Å²) in [6.45, 7) is 10.2. The number of quaternary nitrogens is 1. The number of carbonyl (C=O) groups is 2. The molecule has 2 N–H and O–H groups in total. The largest absolute Gasteiger partial charge is 0.433 e. The Balaban J connectivity index is 1.29. The van der Waals surface area contributed by atoms with Crippen LogP contribution in [0.4, 0.5) is 4.79 Å². The smallest absolute Gasteiger partial charge is 0.330 e. The van der Waals surface area contributed by atoms with Crippen LogP contribution < -0.4 is 10.6 Å². The van der Waals surface area contributed by atoms with E-state index in [1.807, 2.05) is 0 Å². The number of nitrogens with one attached hydrogen (secondary N) is 2. The topological polar surface area (TPSA) is 79.8 Å². The Kier molecular flexibility index (Phi) is 8.21. The summed E-state index contributed by atoms with van der Waals surface area (Å²) in [5, 5.41) is 10.5. The van der Waals surface area contributed by atoms with E-state index < -0.39 is 6.09 Å². The van der Waals surface area contributed by atoms with Crippen LogP contribution >= 0.6 is 0 Å². The normalized spacial score (nSPS) is 38.7. The van der Waals surface area contributed by atoms with Crippen molar-refractivity contribution in [1.82, 2.24) is 10.6 Å². The lowest BCUT2D eigenvalue weighted by Crippen LogP contribution is -2.53. The molecule has 204 valence electrons. The highest BCUT2D eigenvalue weighted by molar-refractivity contribution is 5.85. The zero-order chi connectivity index (χ0) is 26.1. The maximum atomic E-state index is 12.2. The van der Waals surface area contributed by atoms with Crippen LogP contribution in [0.2, 0.25) is 0 Å². The molecule has 4 fully saturated rings. The van der Waals surface area contributed by atoms with Crippen LogP contribution in [0.15, 0.2) is 5.16 Å². The highest BCUT2D eigenvalue weighted by atomic mass is 16.7. The van der Waals surface area contributed by atoms with Crippen molar-refractivity contribution < 1.29 is 18.9 Å². The molecule has 0 saturated heterocycles. The van der Waals surface area contributed by atoms with Gasteiger partial charge in [0.2, 0.25) is 0 Å². The van der Waals surface area contributed by atoms with Gasteiger partial charge >= 0.3 is 6.09 Å². The minimum atomic E-state index is -0.468. The first-order valence-corrected chi connectivity index (χ1v) is 14.5. The Morgan fingerprint density at radius 3 is 2.50 bits per heavy atom. The number of fused-ring (bicyclic) bond motifs is 5. The zero-order valence-corrected chi connectivity index (χ0v) is 23.7. The molecule has 0 aromatic carbocycles. The number of oxime groups is 1. The minimum absolute atomic E-state index is 0.234. The number of amides is 1. The van der Waals surface area contributed by atoms with Crippen molar-refractivity contribution in [2.45, 2.75) is 78.6 Å². The quantitative estimate of drug-likeness (QED) is 0.167. The summed E-state index contributed by atoms with van der Waals surface area (Å²) in [5.41, 5.74) is 1.55. The van der Waals surface area contributed by atoms with Gasteiger partial charge in [-0.1, -0.05) is 19.0 Å². The third-order valence-electron chi connectivity index (χ3n) is 10.8. The van der Waals surface area contributed by atoms with E-state index in [2.05, 4.69) is 57.7 Å². The highest BCUT2D eigenvalue weighted by Crippen LogP contribution is 2.67. The lowest BCUT2D eigenvalue weighted by molar-refractivity contribution is -0.869. The van der Waals surface area contributed by atoms with Gasteiger partial charge in [-0.25, -0.2) is 4.79 Å². The standard InChI is InChI=1S/C29H50N4O3/c1-20(32-36-27(35)31-16-15-30-17-18-33(4,5)6)24-9-10-25-23-8-7-21-19-22(34)11-13-28(21,2)26(23)12-14-29(24,25)3/h21,23-26,30H,7-19H2,1-6H3/p+1/b32-20+/t21-,23-,24+,25-,26-,28-,29+/m0/s1. The number of hydrogen-bond donors (Lipinski definition) is 2. The first-order chi connectivity index (χ1) is 16.9. The van der Waals surface area contributed by atoms with E-state index in [1.165, 1.54) is 32.1 Å². The second-order valence-corrected chi connectivity index (χ2v) is 13.9. The minimum Gasteiger partial charge on any atom is -0.330 e. The van der Waals surface area contributed by atoms with Gasteiger partial charge < -0.3 is 15.1 Å². The van der Waals surface area contributed by atoms with Crippen molar-refractivity contribution in [3.63, 3.8) is 0 Å². The molecule has 7 nitrogen and oxygen atoms in total. The Morgan fingerprint density at radius 1 is 1.00 bits per heavy atom. The summed E-state index contributed by atoms with van der Waals surface area (Å²) in [5.74, 6) is 3.72. The second kappa shape index (κ2) is 10.7. The molecule has 4 aliphatic rings. The van der Waals surface area contributed by atoms with E-state index in [0.29, 0.717) is 35.5 Å². The predicted molar refractivity (Wildman–Crippen MR) is 144 cm³/mol. The first kappa shape index (κ1) is 27.6. The molecule has 0 aliphatic heterocycles. The summed E-state index contributed by atoms with van der Waals surface area (Å²) >= 11 is 0. The fourth-order valence-electron chi connectivity index (χ4n) is 8.73. The van der Waals surface area contributed by atoms with Gasteiger partial charge in [-0.3, -0.25) is 9.63 Å². The Bertz CT molecular complexity index is 852. The van der Waals surface area contributed by atoms with Crippen LogP contribution in [-0.2, 0) is 9.63 Å². The SMILES string of the molecule is C/C(=N\OC(=O)NCCNCC[N+](C)(C)C)[C@H]1CC[C@H]2[C@@H]3CC[C@H]4CC(=O)CC[C@]4(C)[C@H]3CC[C@]12C. The number of Topliss-reactive ketones (excluding diaryl/α,β-unsaturated/α-hetero) is 1. The molecular weight excluding hydrogens is 452 g/mol. The number of ketones is 1. The van der Waals surface area contributed by atoms with Gasteiger partial charge in [0.15, 0.2) is 0 Å². The van der Waals surface area contributed by atoms with Crippen molar-refractivity contribution in [2.24, 2.45) is 45.6 Å². The molecule has 0 aromatic rings. The molecule has 0 radical (unpaired) electrons. The molecule has 4 aliphatic carbocycles. The molecule has 0 unspecified atom stereocenters. The maximum absolute atomic E-state index is 12.2. The number of hydrogen-bond acceptors (Lipinski definition) is 5. The lowest BCUT2D eigenvalue weighted by Gasteiger charge is -2.60. The summed E-state index contributed by atoms with van der Waals surface area (Å²) < 4.78 is 0.916. The summed E-state index contributed by atoms with van der Waals surface area (Å²) in [7, 11) is 6.50. The van der Waals surface area contributed by atoms with Crippen molar-refractivity contribution in [2.75, 3.05) is 47.3 Å². The van der Waals surface area contributed by atoms with E-state index in [9.17, 15) is 9.59 Å². The van der Waals surface area contributed by atoms with E-state index in [-0.39, 0.29) is 5.41 Å². The third-order valence-corrected chi connectivity index (χ3v) is 10.8. The Labute approximate surface area is 218 Å². The van der Waals surface area contributed by atoms with E-state index >= 15 is 0 Å². The van der Waals surface area contributed by atoms with Crippen LogP contribution in [0.3, 0.4) is 0 Å². The first-order valence-electron chi connectivity index (χ1n) is 14.5. The van der Waals surface area contributed by atoms with Gasteiger partial charge in [0, 0.05) is 38.4 Å². The van der Waals surface area contributed by atoms with E-state index in [4.69, 9.17) is 4.84 Å². The molecule has 0 bridgehead atoms. The van der Waals surface area contributed by atoms with Gasteiger partial charge in [-0.2, -0.15) is 0 Å². The average Bonchev–Trinajstić information content (AvgIpc) is 3.17. The Morgan fingerprint density at radius 2 is 1.75 bits per heavy atom. The number of rotatable bonds is 8. The predicted octanol–water partition coefficient (Wildman–Crippen LogP) is 4.61. The van der Waals surface area contributed by atoms with Crippen molar-refractivity contribution >= 4 is 17.6 Å². The van der Waals surface area contributed by atoms with Crippen LogP contribution in [0, 0.1) is 40.4 Å². The fourth-order valence-corrected chi connectivity index (χ4v) is 8.73. The zero-order valence-electron chi connectivity index (χ0n) is 23.7. The second-order valence-electron chi connectivity index (χ2n) is 13.9. The van der Waals surface area contributed by atoms with Crippen LogP contribution in [0.5, 0.6) is 0 Å². The molecule has 7 heteroatoms. The molecule has 4 rings (SSSR count). The van der Waals surface area contributed by atoms with Crippen molar-refractivity contribution in [3.05, 3.63) is 0 Å². The molecule has 0 aromatic heterocycles. The van der Waals surface area contributed by atoms with E-state index in [1.54, 1.807) is 0 Å². The van der Waals surface area contributed by atoms with Crippen LogP contribution in [0.1, 0.15) is 78.6 Å². The molecule has 4 saturated carbocycles. The monoisotopic (exact) mass is 503 g/mol. The maximum Gasteiger partial charge on any atom is 0.433 e. The van der Waals surface area contributed by atoms with Gasteiger partial charge in [0.25, 0.3) is 0 Å². The van der Waals surface area contributed by atoms with Crippen LogP contribution in [0.25, 0.3) is 0 Å². The van der Waals surface area contributed by atoms with Gasteiger partial charge in [-0.05, 0) is 86.4 Å². The highest BCUT2D eigenvalue weighted by Gasteiger charge is 2.60. The molecule has 1 amide bonds. The summed E-state index contributed by atoms with van der Waals surface area (Å²) in [4.78, 5) is 29.6.